The summed E-state index contributed by atoms with van der Waals surface area (Å²) in [5.74, 6) is 1.46. The fourth-order valence-corrected chi connectivity index (χ4v) is 1.42. The van der Waals surface area contributed by atoms with Gasteiger partial charge in [-0.25, -0.2) is 4.79 Å². The van der Waals surface area contributed by atoms with Crippen LogP contribution < -0.4 is 5.32 Å². The largest absolute Gasteiger partial charge is 0.481 e. The van der Waals surface area contributed by atoms with E-state index in [1.807, 2.05) is 6.92 Å². The van der Waals surface area contributed by atoms with Gasteiger partial charge in [0.25, 0.3) is 0 Å². The molecule has 0 aromatic rings. The van der Waals surface area contributed by atoms with E-state index in [1.54, 1.807) is 13.8 Å². The molecule has 0 aromatic carbocycles. The lowest BCUT2D eigenvalue weighted by atomic mass is 10.0. The van der Waals surface area contributed by atoms with Gasteiger partial charge in [-0.1, -0.05) is 12.8 Å². The highest BCUT2D eigenvalue weighted by atomic mass is 16.4. The van der Waals surface area contributed by atoms with Gasteiger partial charge < -0.3 is 15.3 Å². The van der Waals surface area contributed by atoms with E-state index < -0.39 is 11.5 Å². The Bertz CT molecular complexity index is 318. The number of hydrogen-bond acceptors (Lipinski definition) is 2. The maximum absolute atomic E-state index is 11.8. The topological polar surface area (TPSA) is 69.6 Å². The molecular weight excluding hydrogens is 220 g/mol. The zero-order valence-corrected chi connectivity index (χ0v) is 10.6. The molecule has 96 valence electrons. The number of rotatable bonds is 6. The van der Waals surface area contributed by atoms with Crippen LogP contribution in [0.1, 0.15) is 33.6 Å². The predicted molar refractivity (Wildman–Crippen MR) is 65.6 cm³/mol. The molecular formula is C12H20N2O3. The van der Waals surface area contributed by atoms with Crippen molar-refractivity contribution in [2.45, 2.75) is 39.2 Å². The third-order valence-electron chi connectivity index (χ3n) is 2.10. The maximum Gasteiger partial charge on any atom is 0.318 e. The Morgan fingerprint density at radius 1 is 1.47 bits per heavy atom. The first-order valence-electron chi connectivity index (χ1n) is 5.54. The minimum atomic E-state index is -0.950. The smallest absolute Gasteiger partial charge is 0.318 e. The molecule has 0 aliphatic heterocycles. The van der Waals surface area contributed by atoms with Crippen LogP contribution in [-0.2, 0) is 4.79 Å². The number of carboxylic acid groups (broad SMARTS) is 1. The molecule has 0 aliphatic rings. The molecule has 0 aromatic heterocycles. The van der Waals surface area contributed by atoms with E-state index in [0.717, 1.165) is 6.42 Å². The number of nitrogens with one attached hydrogen (secondary N) is 1. The monoisotopic (exact) mass is 240 g/mol. The van der Waals surface area contributed by atoms with Gasteiger partial charge in [0.05, 0.1) is 13.0 Å². The molecule has 0 saturated heterocycles. The van der Waals surface area contributed by atoms with Crippen LogP contribution in [0.25, 0.3) is 0 Å². The van der Waals surface area contributed by atoms with Crippen molar-refractivity contribution in [3.8, 4) is 12.3 Å². The van der Waals surface area contributed by atoms with Crippen LogP contribution >= 0.6 is 0 Å². The Kier molecular flexibility index (Phi) is 6.11. The van der Waals surface area contributed by atoms with Gasteiger partial charge >= 0.3 is 12.0 Å². The summed E-state index contributed by atoms with van der Waals surface area (Å²) in [7, 11) is 0. The zero-order chi connectivity index (χ0) is 13.5. The third-order valence-corrected chi connectivity index (χ3v) is 2.10. The van der Waals surface area contributed by atoms with Crippen molar-refractivity contribution in [3.63, 3.8) is 0 Å². The molecule has 0 saturated carbocycles. The number of hydrogen-bond donors (Lipinski definition) is 2. The van der Waals surface area contributed by atoms with Crippen LogP contribution in [-0.4, -0.2) is 40.6 Å². The summed E-state index contributed by atoms with van der Waals surface area (Å²) in [6, 6.07) is -0.323. The van der Waals surface area contributed by atoms with E-state index in [4.69, 9.17) is 11.5 Å². The Balaban J connectivity index is 4.48. The van der Waals surface area contributed by atoms with Crippen LogP contribution in [0, 0.1) is 12.3 Å². The van der Waals surface area contributed by atoms with Crippen molar-refractivity contribution >= 4 is 12.0 Å². The Morgan fingerprint density at radius 2 is 2.06 bits per heavy atom. The highest BCUT2D eigenvalue weighted by Crippen LogP contribution is 2.09. The first-order chi connectivity index (χ1) is 7.82. The lowest BCUT2D eigenvalue weighted by molar-refractivity contribution is -0.138. The SMILES string of the molecule is C#CCN(CCC)C(=O)NC(C)(C)CC(=O)O. The van der Waals surface area contributed by atoms with E-state index >= 15 is 0 Å². The fraction of sp³-hybridized carbons (Fsp3) is 0.667. The molecule has 5 heteroatoms. The minimum Gasteiger partial charge on any atom is -0.481 e. The molecule has 0 heterocycles. The van der Waals surface area contributed by atoms with E-state index in [1.165, 1.54) is 4.90 Å². The van der Waals surface area contributed by atoms with Crippen molar-refractivity contribution in [1.82, 2.24) is 10.2 Å². The Labute approximate surface area is 102 Å². The van der Waals surface area contributed by atoms with Gasteiger partial charge in [0.1, 0.15) is 0 Å². The fourth-order valence-electron chi connectivity index (χ4n) is 1.42. The molecule has 0 fully saturated rings. The lowest BCUT2D eigenvalue weighted by Crippen LogP contribution is -2.51. The molecule has 0 spiro atoms. The summed E-state index contributed by atoms with van der Waals surface area (Å²) in [5.41, 5.74) is -0.788. The number of carbonyl (C=O) groups excluding carboxylic acids is 1. The Hall–Kier alpha value is -1.70. The first kappa shape index (κ1) is 15.3. The number of urea groups is 1. The van der Waals surface area contributed by atoms with Crippen LogP contribution in [0.15, 0.2) is 0 Å². The van der Waals surface area contributed by atoms with Gasteiger partial charge in [-0.2, -0.15) is 0 Å². The Morgan fingerprint density at radius 3 is 2.47 bits per heavy atom. The standard InChI is InChI=1S/C12H20N2O3/c1-5-7-14(8-6-2)11(17)13-12(3,4)9-10(15)16/h1H,6-9H2,2-4H3,(H,13,17)(H,15,16). The molecule has 17 heavy (non-hydrogen) atoms. The van der Waals surface area contributed by atoms with Crippen molar-refractivity contribution < 1.29 is 14.7 Å². The maximum atomic E-state index is 11.8. The van der Waals surface area contributed by atoms with E-state index in [9.17, 15) is 9.59 Å². The van der Waals surface area contributed by atoms with Gasteiger partial charge in [0.2, 0.25) is 0 Å². The lowest BCUT2D eigenvalue weighted by Gasteiger charge is -2.29. The van der Waals surface area contributed by atoms with Gasteiger partial charge in [-0.05, 0) is 20.3 Å². The number of carboxylic acids is 1. The average molecular weight is 240 g/mol. The molecule has 0 rings (SSSR count). The summed E-state index contributed by atoms with van der Waals surface area (Å²) in [6.45, 7) is 6.05. The van der Waals surface area contributed by atoms with Crippen LogP contribution in [0.3, 0.4) is 0 Å². The number of terminal acetylenes is 1. The molecule has 0 aliphatic carbocycles. The average Bonchev–Trinajstić information content (AvgIpc) is 2.14. The molecule has 2 N–H and O–H groups in total. The zero-order valence-electron chi connectivity index (χ0n) is 10.6. The summed E-state index contributed by atoms with van der Waals surface area (Å²) < 4.78 is 0. The van der Waals surface area contributed by atoms with Gasteiger partial charge in [-0.3, -0.25) is 4.79 Å². The summed E-state index contributed by atoms with van der Waals surface area (Å²) in [4.78, 5) is 24.0. The first-order valence-corrected chi connectivity index (χ1v) is 5.54. The highest BCUT2D eigenvalue weighted by molar-refractivity contribution is 5.77. The van der Waals surface area contributed by atoms with Gasteiger partial charge in [0, 0.05) is 12.1 Å². The van der Waals surface area contributed by atoms with Crippen molar-refractivity contribution in [2.75, 3.05) is 13.1 Å². The van der Waals surface area contributed by atoms with E-state index in [2.05, 4.69) is 11.2 Å². The minimum absolute atomic E-state index is 0.130. The third kappa shape index (κ3) is 6.46. The van der Waals surface area contributed by atoms with Gasteiger partial charge in [-0.15, -0.1) is 6.42 Å². The number of carbonyl (C=O) groups is 2. The second-order valence-corrected chi connectivity index (χ2v) is 4.51. The predicted octanol–water partition coefficient (Wildman–Crippen LogP) is 1.29. The second kappa shape index (κ2) is 6.79. The highest BCUT2D eigenvalue weighted by Gasteiger charge is 2.25. The van der Waals surface area contributed by atoms with E-state index in [-0.39, 0.29) is 19.0 Å². The summed E-state index contributed by atoms with van der Waals surface area (Å²) in [6.07, 6.45) is 5.85. The summed E-state index contributed by atoms with van der Waals surface area (Å²) in [5, 5.41) is 11.4. The van der Waals surface area contributed by atoms with E-state index in [0.29, 0.717) is 6.54 Å². The number of aliphatic carboxylic acids is 1. The number of nitrogens with zero attached hydrogens (tertiary/aromatic N) is 1. The molecule has 0 unspecified atom stereocenters. The van der Waals surface area contributed by atoms with Crippen LogP contribution in [0.4, 0.5) is 4.79 Å². The normalized spacial score (nSPS) is 10.5. The molecule has 0 bridgehead atoms. The molecule has 2 amide bonds. The molecule has 0 atom stereocenters. The van der Waals surface area contributed by atoms with Gasteiger partial charge in [0.15, 0.2) is 0 Å². The number of amides is 2. The van der Waals surface area contributed by atoms with Crippen LogP contribution in [0.2, 0.25) is 0 Å². The van der Waals surface area contributed by atoms with Crippen molar-refractivity contribution in [1.29, 1.82) is 0 Å². The summed E-state index contributed by atoms with van der Waals surface area (Å²) >= 11 is 0. The molecule has 0 radical (unpaired) electrons. The second-order valence-electron chi connectivity index (χ2n) is 4.51. The van der Waals surface area contributed by atoms with Crippen molar-refractivity contribution in [3.05, 3.63) is 0 Å². The van der Waals surface area contributed by atoms with Crippen LogP contribution in [0.5, 0.6) is 0 Å². The quantitative estimate of drug-likeness (QED) is 0.687. The molecule has 5 nitrogen and oxygen atoms in total. The van der Waals surface area contributed by atoms with Crippen molar-refractivity contribution in [2.24, 2.45) is 0 Å².